The molecule has 0 aliphatic heterocycles. The third kappa shape index (κ3) is 4.46. The van der Waals surface area contributed by atoms with E-state index in [1.165, 1.54) is 24.4 Å². The fourth-order valence-corrected chi connectivity index (χ4v) is 2.60. The predicted octanol–water partition coefficient (Wildman–Crippen LogP) is 4.91. The highest BCUT2D eigenvalue weighted by Crippen LogP contribution is 2.30. The smallest absolute Gasteiger partial charge is 0.324 e. The molecule has 0 aliphatic carbocycles. The summed E-state index contributed by atoms with van der Waals surface area (Å²) < 4.78 is 38.0. The van der Waals surface area contributed by atoms with E-state index in [1.807, 2.05) is 37.3 Å². The minimum Gasteiger partial charge on any atom is -0.324 e. The topological polar surface area (TPSA) is 58.1 Å². The molecule has 5 nitrogen and oxygen atoms in total. The van der Waals surface area contributed by atoms with Crippen LogP contribution in [0.15, 0.2) is 66.9 Å². The molecular formula is C20H17F3N4O. The Kier molecular flexibility index (Phi) is 5.58. The first-order valence-electron chi connectivity index (χ1n) is 8.52. The van der Waals surface area contributed by atoms with Crippen LogP contribution >= 0.6 is 0 Å². The maximum atomic E-state index is 12.8. The van der Waals surface area contributed by atoms with Gasteiger partial charge in [0.25, 0.3) is 5.91 Å². The number of nitrogens with zero attached hydrogens (tertiary/aromatic N) is 3. The third-order valence-electron chi connectivity index (χ3n) is 3.97. The van der Waals surface area contributed by atoms with E-state index in [2.05, 4.69) is 15.3 Å². The van der Waals surface area contributed by atoms with Crippen LogP contribution in [0.1, 0.15) is 23.0 Å². The molecule has 1 amide bonds. The molecule has 1 aromatic heterocycles. The molecular weight excluding hydrogens is 369 g/mol. The van der Waals surface area contributed by atoms with Crippen molar-refractivity contribution in [1.29, 1.82) is 0 Å². The molecule has 0 saturated carbocycles. The number of carbonyl (C=O) groups excluding carboxylic acids is 1. The second-order valence-electron chi connectivity index (χ2n) is 5.85. The summed E-state index contributed by atoms with van der Waals surface area (Å²) >= 11 is 0. The van der Waals surface area contributed by atoms with Gasteiger partial charge in [0.05, 0.1) is 5.56 Å². The Morgan fingerprint density at radius 1 is 1.04 bits per heavy atom. The summed E-state index contributed by atoms with van der Waals surface area (Å²) in [6.07, 6.45) is -2.98. The zero-order chi connectivity index (χ0) is 20.1. The Bertz CT molecular complexity index is 944. The molecule has 2 aromatic carbocycles. The molecule has 0 bridgehead atoms. The second-order valence-corrected chi connectivity index (χ2v) is 5.85. The highest BCUT2D eigenvalue weighted by atomic mass is 19.4. The van der Waals surface area contributed by atoms with Gasteiger partial charge < -0.3 is 10.2 Å². The molecule has 0 aliphatic rings. The van der Waals surface area contributed by atoms with Crippen LogP contribution in [-0.2, 0) is 6.18 Å². The van der Waals surface area contributed by atoms with Crippen molar-refractivity contribution in [2.24, 2.45) is 0 Å². The predicted molar refractivity (Wildman–Crippen MR) is 101 cm³/mol. The summed E-state index contributed by atoms with van der Waals surface area (Å²) in [7, 11) is 0. The lowest BCUT2D eigenvalue weighted by molar-refractivity contribution is -0.137. The number of para-hydroxylation sites is 1. The molecule has 3 aromatic rings. The minimum absolute atomic E-state index is 0.120. The van der Waals surface area contributed by atoms with Crippen molar-refractivity contribution in [3.8, 4) is 0 Å². The van der Waals surface area contributed by atoms with Crippen LogP contribution in [0.2, 0.25) is 0 Å². The standard InChI is InChI=1S/C20H17F3N4O/c1-2-27(16-6-4-3-5-7-16)18(28)17-12-13-24-19(26-17)25-15-10-8-14(9-11-15)20(21,22)23/h3-13H,2H2,1H3,(H,24,25,26). The summed E-state index contributed by atoms with van der Waals surface area (Å²) in [5.74, 6) is -0.179. The van der Waals surface area contributed by atoms with E-state index >= 15 is 0 Å². The minimum atomic E-state index is -4.40. The molecule has 28 heavy (non-hydrogen) atoms. The van der Waals surface area contributed by atoms with Crippen LogP contribution in [0.5, 0.6) is 0 Å². The van der Waals surface area contributed by atoms with Crippen molar-refractivity contribution in [3.63, 3.8) is 0 Å². The van der Waals surface area contributed by atoms with Gasteiger partial charge in [-0.1, -0.05) is 18.2 Å². The summed E-state index contributed by atoms with van der Waals surface area (Å²) in [6.45, 7) is 2.31. The Balaban J connectivity index is 1.79. The molecule has 0 spiro atoms. The zero-order valence-corrected chi connectivity index (χ0v) is 14.9. The van der Waals surface area contributed by atoms with Gasteiger partial charge in [-0.2, -0.15) is 13.2 Å². The van der Waals surface area contributed by atoms with E-state index in [0.29, 0.717) is 12.2 Å². The molecule has 0 unspecified atom stereocenters. The maximum Gasteiger partial charge on any atom is 0.416 e. The van der Waals surface area contributed by atoms with Crippen LogP contribution in [0.25, 0.3) is 0 Å². The van der Waals surface area contributed by atoms with Gasteiger partial charge in [-0.25, -0.2) is 9.97 Å². The molecule has 0 radical (unpaired) electrons. The lowest BCUT2D eigenvalue weighted by atomic mass is 10.2. The summed E-state index contributed by atoms with van der Waals surface area (Å²) in [4.78, 5) is 22.6. The van der Waals surface area contributed by atoms with Crippen molar-refractivity contribution < 1.29 is 18.0 Å². The highest BCUT2D eigenvalue weighted by molar-refractivity contribution is 6.04. The fourth-order valence-electron chi connectivity index (χ4n) is 2.60. The lowest BCUT2D eigenvalue weighted by Crippen LogP contribution is -2.31. The molecule has 0 atom stereocenters. The van der Waals surface area contributed by atoms with E-state index in [4.69, 9.17) is 0 Å². The summed E-state index contributed by atoms with van der Waals surface area (Å²) in [6, 6.07) is 15.2. The number of hydrogen-bond donors (Lipinski definition) is 1. The number of amides is 1. The van der Waals surface area contributed by atoms with E-state index < -0.39 is 11.7 Å². The third-order valence-corrected chi connectivity index (χ3v) is 3.97. The van der Waals surface area contributed by atoms with Crippen molar-refractivity contribution in [2.45, 2.75) is 13.1 Å². The Labute approximate surface area is 159 Å². The largest absolute Gasteiger partial charge is 0.416 e. The number of rotatable bonds is 5. The maximum absolute atomic E-state index is 12.8. The first-order chi connectivity index (χ1) is 13.4. The van der Waals surface area contributed by atoms with Crippen molar-refractivity contribution in [3.05, 3.63) is 78.1 Å². The Hall–Kier alpha value is -3.42. The van der Waals surface area contributed by atoms with Gasteiger partial charge in [0, 0.05) is 24.1 Å². The van der Waals surface area contributed by atoms with Gasteiger partial charge in [-0.15, -0.1) is 0 Å². The van der Waals surface area contributed by atoms with Gasteiger partial charge in [-0.3, -0.25) is 4.79 Å². The van der Waals surface area contributed by atoms with E-state index in [9.17, 15) is 18.0 Å². The Morgan fingerprint density at radius 2 is 1.71 bits per heavy atom. The van der Waals surface area contributed by atoms with Gasteiger partial charge in [0.2, 0.25) is 5.95 Å². The van der Waals surface area contributed by atoms with Crippen molar-refractivity contribution in [1.82, 2.24) is 9.97 Å². The van der Waals surface area contributed by atoms with Crippen LogP contribution in [0.4, 0.5) is 30.5 Å². The zero-order valence-electron chi connectivity index (χ0n) is 14.9. The number of carbonyl (C=O) groups is 1. The molecule has 8 heteroatoms. The van der Waals surface area contributed by atoms with E-state index in [-0.39, 0.29) is 17.5 Å². The number of aromatic nitrogens is 2. The first kappa shape index (κ1) is 19.3. The summed E-state index contributed by atoms with van der Waals surface area (Å²) in [5.41, 5.74) is 0.554. The molecule has 1 heterocycles. The van der Waals surface area contributed by atoms with Crippen LogP contribution in [0, 0.1) is 0 Å². The average molecular weight is 386 g/mol. The molecule has 1 N–H and O–H groups in total. The number of anilines is 3. The van der Waals surface area contributed by atoms with Crippen LogP contribution in [-0.4, -0.2) is 22.4 Å². The van der Waals surface area contributed by atoms with Crippen molar-refractivity contribution in [2.75, 3.05) is 16.8 Å². The molecule has 0 saturated heterocycles. The molecule has 3 rings (SSSR count). The van der Waals surface area contributed by atoms with Gasteiger partial charge in [0.15, 0.2) is 0 Å². The normalized spacial score (nSPS) is 11.1. The quantitative estimate of drug-likeness (QED) is 0.677. The Morgan fingerprint density at radius 3 is 2.32 bits per heavy atom. The highest BCUT2D eigenvalue weighted by Gasteiger charge is 2.30. The van der Waals surface area contributed by atoms with Gasteiger partial charge in [-0.05, 0) is 49.4 Å². The van der Waals surface area contributed by atoms with E-state index in [1.54, 1.807) is 4.90 Å². The SMILES string of the molecule is CCN(C(=O)c1ccnc(Nc2ccc(C(F)(F)F)cc2)n1)c1ccccc1. The van der Waals surface area contributed by atoms with Gasteiger partial charge >= 0.3 is 6.18 Å². The lowest BCUT2D eigenvalue weighted by Gasteiger charge is -2.20. The van der Waals surface area contributed by atoms with Crippen LogP contribution in [0.3, 0.4) is 0 Å². The van der Waals surface area contributed by atoms with Crippen molar-refractivity contribution >= 4 is 23.2 Å². The van der Waals surface area contributed by atoms with E-state index in [0.717, 1.165) is 17.8 Å². The summed E-state index contributed by atoms with van der Waals surface area (Å²) in [5, 5.41) is 2.81. The number of alkyl halides is 3. The number of hydrogen-bond acceptors (Lipinski definition) is 4. The molecule has 144 valence electrons. The number of nitrogens with one attached hydrogen (secondary N) is 1. The number of benzene rings is 2. The van der Waals surface area contributed by atoms with Crippen LogP contribution < -0.4 is 10.2 Å². The van der Waals surface area contributed by atoms with Gasteiger partial charge in [0.1, 0.15) is 5.69 Å². The molecule has 0 fully saturated rings. The average Bonchev–Trinajstić information content (AvgIpc) is 2.69. The number of halogens is 3. The second kappa shape index (κ2) is 8.08. The first-order valence-corrected chi connectivity index (χ1v) is 8.52. The monoisotopic (exact) mass is 386 g/mol. The fraction of sp³-hybridized carbons (Fsp3) is 0.150.